The Bertz CT molecular complexity index is 418. The molecular weight excluding hydrogens is 345 g/mol. The molecule has 98 valence electrons. The molecule has 2 rings (SSSR count). The Labute approximate surface area is 120 Å². The lowest BCUT2D eigenvalue weighted by Crippen LogP contribution is -2.46. The van der Waals surface area contributed by atoms with Gasteiger partial charge in [0, 0.05) is 16.7 Å². The van der Waals surface area contributed by atoms with E-state index in [-0.39, 0.29) is 5.91 Å². The monoisotopic (exact) mass is 361 g/mol. The smallest absolute Gasteiger partial charge is 0.263 e. The molecule has 0 radical (unpaired) electrons. The van der Waals surface area contributed by atoms with Gasteiger partial charge in [-0.1, -0.05) is 6.07 Å². The SMILES string of the molecule is CC(Oc1cccc(I)c1)C(=O)N1CCOCC1. The van der Waals surface area contributed by atoms with E-state index in [2.05, 4.69) is 22.6 Å². The predicted octanol–water partition coefficient (Wildman–Crippen LogP) is 1.92. The number of nitrogens with zero attached hydrogens (tertiary/aromatic N) is 1. The van der Waals surface area contributed by atoms with Gasteiger partial charge in [-0.15, -0.1) is 0 Å². The van der Waals surface area contributed by atoms with Crippen LogP contribution in [0.5, 0.6) is 5.75 Å². The lowest BCUT2D eigenvalue weighted by molar-refractivity contribution is -0.142. The van der Waals surface area contributed by atoms with E-state index in [0.29, 0.717) is 26.3 Å². The van der Waals surface area contributed by atoms with E-state index in [1.165, 1.54) is 0 Å². The highest BCUT2D eigenvalue weighted by Gasteiger charge is 2.23. The molecule has 0 aromatic heterocycles. The van der Waals surface area contributed by atoms with Crippen molar-refractivity contribution in [3.05, 3.63) is 27.8 Å². The zero-order chi connectivity index (χ0) is 13.0. The molecule has 1 aromatic carbocycles. The highest BCUT2D eigenvalue weighted by atomic mass is 127. The van der Waals surface area contributed by atoms with Crippen molar-refractivity contribution >= 4 is 28.5 Å². The lowest BCUT2D eigenvalue weighted by atomic mass is 10.3. The Morgan fingerprint density at radius 2 is 2.17 bits per heavy atom. The largest absolute Gasteiger partial charge is 0.481 e. The molecule has 1 aromatic rings. The zero-order valence-electron chi connectivity index (χ0n) is 10.3. The minimum atomic E-state index is -0.457. The molecule has 4 nitrogen and oxygen atoms in total. The fourth-order valence-electron chi connectivity index (χ4n) is 1.84. The van der Waals surface area contributed by atoms with E-state index < -0.39 is 6.10 Å². The maximum Gasteiger partial charge on any atom is 0.263 e. The summed E-state index contributed by atoms with van der Waals surface area (Å²) in [6, 6.07) is 7.69. The van der Waals surface area contributed by atoms with Crippen molar-refractivity contribution in [1.29, 1.82) is 0 Å². The summed E-state index contributed by atoms with van der Waals surface area (Å²) in [7, 11) is 0. The van der Waals surface area contributed by atoms with E-state index in [4.69, 9.17) is 9.47 Å². The standard InChI is InChI=1S/C13H16INO3/c1-10(13(16)15-5-7-17-8-6-15)18-12-4-2-3-11(14)9-12/h2-4,9-10H,5-8H2,1H3. The van der Waals surface area contributed by atoms with Gasteiger partial charge in [0.25, 0.3) is 5.91 Å². The molecular formula is C13H16INO3. The average molecular weight is 361 g/mol. The minimum absolute atomic E-state index is 0.0251. The number of carbonyl (C=O) groups is 1. The molecule has 1 amide bonds. The summed E-state index contributed by atoms with van der Waals surface area (Å²) >= 11 is 2.22. The van der Waals surface area contributed by atoms with Crippen LogP contribution in [-0.4, -0.2) is 43.2 Å². The number of amides is 1. The normalized spacial score (nSPS) is 17.3. The quantitative estimate of drug-likeness (QED) is 0.773. The van der Waals surface area contributed by atoms with Gasteiger partial charge >= 0.3 is 0 Å². The Kier molecular flexibility index (Phi) is 4.82. The van der Waals surface area contributed by atoms with Gasteiger partial charge in [0.1, 0.15) is 5.75 Å². The Balaban J connectivity index is 1.94. The van der Waals surface area contributed by atoms with E-state index >= 15 is 0 Å². The van der Waals surface area contributed by atoms with Crippen molar-refractivity contribution in [2.45, 2.75) is 13.0 Å². The van der Waals surface area contributed by atoms with Crippen molar-refractivity contribution in [2.75, 3.05) is 26.3 Å². The van der Waals surface area contributed by atoms with Crippen LogP contribution in [0.4, 0.5) is 0 Å². The summed E-state index contributed by atoms with van der Waals surface area (Å²) < 4.78 is 12.0. The van der Waals surface area contributed by atoms with Gasteiger partial charge in [0.15, 0.2) is 6.10 Å². The molecule has 0 spiro atoms. The molecule has 1 saturated heterocycles. The van der Waals surface area contributed by atoms with E-state index in [9.17, 15) is 4.79 Å². The summed E-state index contributed by atoms with van der Waals surface area (Å²) in [6.07, 6.45) is -0.457. The lowest BCUT2D eigenvalue weighted by Gasteiger charge is -2.29. The van der Waals surface area contributed by atoms with Crippen LogP contribution in [0.25, 0.3) is 0 Å². The fourth-order valence-corrected chi connectivity index (χ4v) is 2.35. The molecule has 1 atom stereocenters. The van der Waals surface area contributed by atoms with Crippen LogP contribution < -0.4 is 4.74 Å². The molecule has 1 unspecified atom stereocenters. The number of benzene rings is 1. The number of rotatable bonds is 3. The first kappa shape index (κ1) is 13.6. The van der Waals surface area contributed by atoms with Crippen molar-refractivity contribution in [2.24, 2.45) is 0 Å². The molecule has 1 heterocycles. The van der Waals surface area contributed by atoms with Gasteiger partial charge in [-0.25, -0.2) is 0 Å². The van der Waals surface area contributed by atoms with Crippen molar-refractivity contribution in [1.82, 2.24) is 4.90 Å². The average Bonchev–Trinajstić information content (AvgIpc) is 2.39. The van der Waals surface area contributed by atoms with Gasteiger partial charge in [-0.2, -0.15) is 0 Å². The first-order chi connectivity index (χ1) is 8.66. The molecule has 0 saturated carbocycles. The van der Waals surface area contributed by atoms with E-state index in [1.807, 2.05) is 24.3 Å². The van der Waals surface area contributed by atoms with E-state index in [0.717, 1.165) is 9.32 Å². The third kappa shape index (κ3) is 3.58. The second-order valence-electron chi connectivity index (χ2n) is 4.16. The maximum atomic E-state index is 12.1. The minimum Gasteiger partial charge on any atom is -0.481 e. The maximum absolute atomic E-state index is 12.1. The second kappa shape index (κ2) is 6.38. The predicted molar refractivity (Wildman–Crippen MR) is 76.6 cm³/mol. The van der Waals surface area contributed by atoms with Crippen LogP contribution >= 0.6 is 22.6 Å². The third-order valence-corrected chi connectivity index (χ3v) is 3.45. The van der Waals surface area contributed by atoms with Gasteiger partial charge in [0.05, 0.1) is 13.2 Å². The Morgan fingerprint density at radius 3 is 2.83 bits per heavy atom. The molecule has 1 aliphatic rings. The number of morpholine rings is 1. The first-order valence-electron chi connectivity index (χ1n) is 5.95. The van der Waals surface area contributed by atoms with Crippen molar-refractivity contribution < 1.29 is 14.3 Å². The van der Waals surface area contributed by atoms with Crippen LogP contribution in [-0.2, 0) is 9.53 Å². The first-order valence-corrected chi connectivity index (χ1v) is 7.03. The highest BCUT2D eigenvalue weighted by molar-refractivity contribution is 14.1. The number of hydrogen-bond donors (Lipinski definition) is 0. The highest BCUT2D eigenvalue weighted by Crippen LogP contribution is 2.17. The van der Waals surface area contributed by atoms with Crippen molar-refractivity contribution in [3.8, 4) is 5.75 Å². The molecule has 0 aliphatic carbocycles. The molecule has 5 heteroatoms. The number of halogens is 1. The summed E-state index contributed by atoms with van der Waals surface area (Å²) in [6.45, 7) is 4.32. The molecule has 1 fully saturated rings. The van der Waals surface area contributed by atoms with Crippen LogP contribution in [0.1, 0.15) is 6.92 Å². The van der Waals surface area contributed by atoms with Crippen molar-refractivity contribution in [3.63, 3.8) is 0 Å². The molecule has 1 aliphatic heterocycles. The summed E-state index contributed by atoms with van der Waals surface area (Å²) in [5.74, 6) is 0.758. The Hall–Kier alpha value is -0.820. The fraction of sp³-hybridized carbons (Fsp3) is 0.462. The van der Waals surface area contributed by atoms with Gasteiger partial charge in [-0.05, 0) is 47.7 Å². The van der Waals surface area contributed by atoms with E-state index in [1.54, 1.807) is 11.8 Å². The third-order valence-electron chi connectivity index (χ3n) is 2.78. The van der Waals surface area contributed by atoms with Crippen LogP contribution in [0.3, 0.4) is 0 Å². The van der Waals surface area contributed by atoms with Gasteiger partial charge in [-0.3, -0.25) is 4.79 Å². The number of carbonyl (C=O) groups excluding carboxylic acids is 1. The summed E-state index contributed by atoms with van der Waals surface area (Å²) in [4.78, 5) is 13.9. The van der Waals surface area contributed by atoms with Gasteiger partial charge in [0.2, 0.25) is 0 Å². The van der Waals surface area contributed by atoms with Crippen LogP contribution in [0, 0.1) is 3.57 Å². The Morgan fingerprint density at radius 1 is 1.44 bits per heavy atom. The number of hydrogen-bond acceptors (Lipinski definition) is 3. The van der Waals surface area contributed by atoms with Crippen LogP contribution in [0.15, 0.2) is 24.3 Å². The molecule has 18 heavy (non-hydrogen) atoms. The van der Waals surface area contributed by atoms with Gasteiger partial charge < -0.3 is 14.4 Å². The molecule has 0 N–H and O–H groups in total. The summed E-state index contributed by atoms with van der Waals surface area (Å²) in [5.41, 5.74) is 0. The molecule has 0 bridgehead atoms. The second-order valence-corrected chi connectivity index (χ2v) is 5.40. The van der Waals surface area contributed by atoms with Crippen LogP contribution in [0.2, 0.25) is 0 Å². The summed E-state index contributed by atoms with van der Waals surface area (Å²) in [5, 5.41) is 0. The topological polar surface area (TPSA) is 38.8 Å². The number of ether oxygens (including phenoxy) is 2. The zero-order valence-corrected chi connectivity index (χ0v) is 12.4.